The molecule has 0 spiro atoms. The molecule has 0 bridgehead atoms. The molecule has 0 aromatic rings. The molecule has 112 valence electrons. The Bertz CT molecular complexity index is 392. The van der Waals surface area contributed by atoms with Crippen LogP contribution in [0.5, 0.6) is 0 Å². The summed E-state index contributed by atoms with van der Waals surface area (Å²) >= 11 is 0. The largest absolute Gasteiger partial charge is 0.480 e. The van der Waals surface area contributed by atoms with Crippen molar-refractivity contribution in [1.82, 2.24) is 14.7 Å². The maximum absolute atomic E-state index is 12.5. The zero-order chi connectivity index (χ0) is 15.1. The van der Waals surface area contributed by atoms with E-state index in [4.69, 9.17) is 11.5 Å². The first-order valence-electron chi connectivity index (χ1n) is 6.89. The van der Waals surface area contributed by atoms with Crippen LogP contribution in [0.15, 0.2) is 0 Å². The summed E-state index contributed by atoms with van der Waals surface area (Å²) in [5.41, 5.74) is 0. The second-order valence-electron chi connectivity index (χ2n) is 5.11. The number of terminal acetylenes is 1. The van der Waals surface area contributed by atoms with Crippen molar-refractivity contribution in [3.63, 3.8) is 0 Å². The number of nitrogens with zero attached hydrogens (tertiary/aromatic N) is 3. The summed E-state index contributed by atoms with van der Waals surface area (Å²) in [5, 5.41) is 8.89. The molecule has 1 saturated heterocycles. The molecule has 0 aliphatic carbocycles. The van der Waals surface area contributed by atoms with E-state index in [9.17, 15) is 9.59 Å². The van der Waals surface area contributed by atoms with Crippen molar-refractivity contribution in [1.29, 1.82) is 0 Å². The first-order valence-corrected chi connectivity index (χ1v) is 6.89. The Hall–Kier alpha value is -1.74. The fourth-order valence-electron chi connectivity index (χ4n) is 2.49. The molecule has 20 heavy (non-hydrogen) atoms. The molecule has 1 heterocycles. The number of carboxylic acids is 1. The molecule has 0 aromatic heterocycles. The predicted octanol–water partition coefficient (Wildman–Crippen LogP) is 0.542. The van der Waals surface area contributed by atoms with Gasteiger partial charge in [0.15, 0.2) is 0 Å². The highest BCUT2D eigenvalue weighted by molar-refractivity contribution is 5.80. The first kappa shape index (κ1) is 16.3. The van der Waals surface area contributed by atoms with E-state index in [1.165, 1.54) is 4.90 Å². The minimum Gasteiger partial charge on any atom is -0.480 e. The van der Waals surface area contributed by atoms with Crippen LogP contribution in [0.25, 0.3) is 0 Å². The van der Waals surface area contributed by atoms with Crippen LogP contribution >= 0.6 is 0 Å². The quantitative estimate of drug-likeness (QED) is 0.764. The van der Waals surface area contributed by atoms with Gasteiger partial charge in [-0.1, -0.05) is 12.8 Å². The number of amides is 2. The molecule has 1 N–H and O–H groups in total. The number of aliphatic carboxylic acids is 1. The number of urea groups is 1. The lowest BCUT2D eigenvalue weighted by Gasteiger charge is -2.34. The highest BCUT2D eigenvalue weighted by Crippen LogP contribution is 2.14. The molecule has 0 radical (unpaired) electrons. The van der Waals surface area contributed by atoms with Gasteiger partial charge >= 0.3 is 12.0 Å². The molecule has 1 aliphatic rings. The van der Waals surface area contributed by atoms with Crippen molar-refractivity contribution in [2.45, 2.75) is 25.8 Å². The highest BCUT2D eigenvalue weighted by atomic mass is 16.4. The Balaban J connectivity index is 2.84. The SMILES string of the molecule is C#CCN(CC(=O)O)C(=O)N1CCCN(C)CC1CC. The lowest BCUT2D eigenvalue weighted by Crippen LogP contribution is -2.51. The fraction of sp³-hybridized carbons (Fsp3) is 0.714. The van der Waals surface area contributed by atoms with Gasteiger partial charge in [0.1, 0.15) is 6.54 Å². The molecular formula is C14H23N3O3. The second kappa shape index (κ2) is 7.75. The van der Waals surface area contributed by atoms with Gasteiger partial charge in [-0.15, -0.1) is 6.42 Å². The summed E-state index contributed by atoms with van der Waals surface area (Å²) < 4.78 is 0. The van der Waals surface area contributed by atoms with Crippen LogP contribution in [0.4, 0.5) is 4.79 Å². The molecule has 1 unspecified atom stereocenters. The number of hydrogen-bond donors (Lipinski definition) is 1. The first-order chi connectivity index (χ1) is 9.49. The summed E-state index contributed by atoms with van der Waals surface area (Å²) in [6.07, 6.45) is 6.95. The van der Waals surface area contributed by atoms with E-state index in [-0.39, 0.29) is 25.2 Å². The molecule has 1 aliphatic heterocycles. The molecule has 1 fully saturated rings. The molecule has 1 rings (SSSR count). The Kier molecular flexibility index (Phi) is 6.32. The Morgan fingerprint density at radius 1 is 1.45 bits per heavy atom. The third-order valence-electron chi connectivity index (χ3n) is 3.50. The van der Waals surface area contributed by atoms with Gasteiger partial charge in [0, 0.05) is 19.1 Å². The molecule has 0 saturated carbocycles. The molecule has 6 heteroatoms. The second-order valence-corrected chi connectivity index (χ2v) is 5.11. The van der Waals surface area contributed by atoms with Gasteiger partial charge in [0.25, 0.3) is 0 Å². The highest BCUT2D eigenvalue weighted by Gasteiger charge is 2.29. The number of likely N-dealkylation sites (N-methyl/N-ethyl adjacent to an activating group) is 1. The van der Waals surface area contributed by atoms with Crippen molar-refractivity contribution in [3.05, 3.63) is 0 Å². The van der Waals surface area contributed by atoms with Gasteiger partial charge < -0.3 is 19.8 Å². The summed E-state index contributed by atoms with van der Waals surface area (Å²) in [6, 6.07) is -0.170. The monoisotopic (exact) mass is 281 g/mol. The fourth-order valence-corrected chi connectivity index (χ4v) is 2.49. The Morgan fingerprint density at radius 3 is 2.70 bits per heavy atom. The third-order valence-corrected chi connectivity index (χ3v) is 3.50. The van der Waals surface area contributed by atoms with Crippen molar-refractivity contribution >= 4 is 12.0 Å². The third kappa shape index (κ3) is 4.42. The Labute approximate surface area is 120 Å². The number of hydrogen-bond acceptors (Lipinski definition) is 3. The van der Waals surface area contributed by atoms with Gasteiger partial charge in [0.05, 0.1) is 6.54 Å². The minimum absolute atomic E-state index is 0.0217. The van der Waals surface area contributed by atoms with Crippen LogP contribution in [0.2, 0.25) is 0 Å². The topological polar surface area (TPSA) is 64.1 Å². The van der Waals surface area contributed by atoms with Crippen LogP contribution in [0.3, 0.4) is 0 Å². The van der Waals surface area contributed by atoms with E-state index < -0.39 is 5.97 Å². The maximum atomic E-state index is 12.5. The molecule has 0 aromatic carbocycles. The van der Waals surface area contributed by atoms with Crippen molar-refractivity contribution < 1.29 is 14.7 Å². The summed E-state index contributed by atoms with van der Waals surface area (Å²) in [5.74, 6) is 1.31. The molecule has 6 nitrogen and oxygen atoms in total. The zero-order valence-corrected chi connectivity index (χ0v) is 12.2. The lowest BCUT2D eigenvalue weighted by atomic mass is 10.2. The maximum Gasteiger partial charge on any atom is 0.323 e. The number of carbonyl (C=O) groups excluding carboxylic acids is 1. The van der Waals surface area contributed by atoms with Gasteiger partial charge in [-0.05, 0) is 26.4 Å². The lowest BCUT2D eigenvalue weighted by molar-refractivity contribution is -0.137. The average Bonchev–Trinajstić information content (AvgIpc) is 2.58. The van der Waals surface area contributed by atoms with Crippen molar-refractivity contribution in [3.8, 4) is 12.3 Å². The van der Waals surface area contributed by atoms with E-state index in [1.807, 2.05) is 14.0 Å². The zero-order valence-electron chi connectivity index (χ0n) is 12.2. The molecule has 2 amide bonds. The minimum atomic E-state index is -1.05. The smallest absolute Gasteiger partial charge is 0.323 e. The summed E-state index contributed by atoms with van der Waals surface area (Å²) in [6.45, 7) is 4.09. The van der Waals surface area contributed by atoms with Gasteiger partial charge in [-0.2, -0.15) is 0 Å². The van der Waals surface area contributed by atoms with Crippen LogP contribution < -0.4 is 0 Å². The average molecular weight is 281 g/mol. The van der Waals surface area contributed by atoms with E-state index in [0.717, 1.165) is 25.9 Å². The summed E-state index contributed by atoms with van der Waals surface area (Å²) in [7, 11) is 2.03. The normalized spacial score (nSPS) is 20.1. The predicted molar refractivity (Wildman–Crippen MR) is 76.3 cm³/mol. The van der Waals surface area contributed by atoms with Gasteiger partial charge in [-0.3, -0.25) is 4.79 Å². The van der Waals surface area contributed by atoms with E-state index in [0.29, 0.717) is 6.54 Å². The van der Waals surface area contributed by atoms with Crippen LogP contribution in [-0.2, 0) is 4.79 Å². The van der Waals surface area contributed by atoms with E-state index >= 15 is 0 Å². The van der Waals surface area contributed by atoms with Crippen molar-refractivity contribution in [2.75, 3.05) is 39.8 Å². The van der Waals surface area contributed by atoms with E-state index in [1.54, 1.807) is 4.90 Å². The Morgan fingerprint density at radius 2 is 2.15 bits per heavy atom. The number of carboxylic acid groups (broad SMARTS) is 1. The molecule has 1 atom stereocenters. The van der Waals surface area contributed by atoms with Crippen molar-refractivity contribution in [2.24, 2.45) is 0 Å². The van der Waals surface area contributed by atoms with Crippen LogP contribution in [0.1, 0.15) is 19.8 Å². The van der Waals surface area contributed by atoms with Crippen LogP contribution in [-0.4, -0.2) is 77.6 Å². The van der Waals surface area contributed by atoms with E-state index in [2.05, 4.69) is 10.8 Å². The van der Waals surface area contributed by atoms with Gasteiger partial charge in [0.2, 0.25) is 0 Å². The number of carbonyl (C=O) groups is 2. The summed E-state index contributed by atoms with van der Waals surface area (Å²) in [4.78, 5) is 28.6. The van der Waals surface area contributed by atoms with Gasteiger partial charge in [-0.25, -0.2) is 4.79 Å². The standard InChI is InChI=1S/C14H23N3O3/c1-4-7-16(11-13(18)19)14(20)17-9-6-8-15(3)10-12(17)5-2/h1,12H,5-11H2,2-3H3,(H,18,19). The van der Waals surface area contributed by atoms with Crippen LogP contribution in [0, 0.1) is 12.3 Å². The molecular weight excluding hydrogens is 258 g/mol. The number of rotatable bonds is 4.